The number of hydrogen-bond donors (Lipinski definition) is 0. The molecule has 0 aliphatic carbocycles. The molecule has 0 aromatic heterocycles. The molecule has 0 N–H and O–H groups in total. The first-order valence-corrected chi connectivity index (χ1v) is 20.8. The lowest BCUT2D eigenvalue weighted by atomic mass is 10.1. The van der Waals surface area contributed by atoms with Crippen LogP contribution in [0.4, 0.5) is 0 Å². The normalized spacial score (nSPS) is 13.6. The molecule has 0 aliphatic heterocycles. The maximum atomic E-state index is 12.7. The highest BCUT2D eigenvalue weighted by Crippen LogP contribution is 2.12. The van der Waals surface area contributed by atoms with E-state index in [2.05, 4.69) is 74.6 Å². The lowest BCUT2D eigenvalue weighted by Gasteiger charge is -2.34. The van der Waals surface area contributed by atoms with Crippen LogP contribution in [-0.2, 0) is 28.6 Å². The predicted octanol–water partition coefficient (Wildman–Crippen LogP) is 9.69. The van der Waals surface area contributed by atoms with Gasteiger partial charge in [0, 0.05) is 19.3 Å². The fourth-order valence-electron chi connectivity index (χ4n) is 5.64. The number of nitrogens with zero attached hydrogens (tertiary/aromatic N) is 1. The molecular formula is C45H77NO7. The number of likely N-dealkylation sites (N-methyl/N-ethyl adjacent to an activating group) is 1. The van der Waals surface area contributed by atoms with E-state index in [9.17, 15) is 19.5 Å². The van der Waals surface area contributed by atoms with Gasteiger partial charge in [0.2, 0.25) is 0 Å². The molecule has 0 saturated carbocycles. The summed E-state index contributed by atoms with van der Waals surface area (Å²) in [5, 5.41) is 11.6. The van der Waals surface area contributed by atoms with Crippen LogP contribution in [0.25, 0.3) is 0 Å². The van der Waals surface area contributed by atoms with E-state index < -0.39 is 18.1 Å². The predicted molar refractivity (Wildman–Crippen MR) is 217 cm³/mol. The maximum absolute atomic E-state index is 12.7. The van der Waals surface area contributed by atoms with Crippen LogP contribution in [0, 0.1) is 0 Å². The van der Waals surface area contributed by atoms with Gasteiger partial charge >= 0.3 is 11.9 Å². The molecule has 53 heavy (non-hydrogen) atoms. The Hall–Kier alpha value is -2.97. The first kappa shape index (κ1) is 50.0. The average Bonchev–Trinajstić information content (AvgIpc) is 3.11. The third-order valence-electron chi connectivity index (χ3n) is 8.89. The number of unbranched alkanes of at least 4 members (excludes halogenated alkanes) is 12. The summed E-state index contributed by atoms with van der Waals surface area (Å²) in [4.78, 5) is 36.7. The van der Waals surface area contributed by atoms with Crippen molar-refractivity contribution >= 4 is 17.9 Å². The van der Waals surface area contributed by atoms with Crippen LogP contribution < -0.4 is 5.11 Å². The Balaban J connectivity index is 4.48. The van der Waals surface area contributed by atoms with Crippen molar-refractivity contribution in [2.45, 2.75) is 167 Å². The minimum Gasteiger partial charge on any atom is -0.544 e. The Labute approximate surface area is 324 Å². The summed E-state index contributed by atoms with van der Waals surface area (Å²) in [5.74, 6) is -1.80. The average molecular weight is 744 g/mol. The largest absolute Gasteiger partial charge is 0.544 e. The minimum absolute atomic E-state index is 0.0207. The SMILES string of the molecule is CC/C=C/C/C=C/C/C=C/C/C=C/CCCCCC(=O)OC(COCCC(C(=O)[O-])[N+](C)(C)C)COC(=O)CCCCC/C=C/CCCCCCCC. The molecule has 0 amide bonds. The molecule has 8 heteroatoms. The molecule has 0 radical (unpaired) electrons. The number of carboxylic acid groups (broad SMARTS) is 1. The van der Waals surface area contributed by atoms with Crippen LogP contribution in [0.15, 0.2) is 60.8 Å². The van der Waals surface area contributed by atoms with E-state index in [4.69, 9.17) is 14.2 Å². The minimum atomic E-state index is -1.14. The van der Waals surface area contributed by atoms with Gasteiger partial charge in [-0.05, 0) is 77.0 Å². The van der Waals surface area contributed by atoms with Crippen LogP contribution in [0.5, 0.6) is 0 Å². The first-order chi connectivity index (χ1) is 25.6. The van der Waals surface area contributed by atoms with Crippen LogP contribution in [-0.4, -0.2) is 75.5 Å². The number of quaternary nitrogens is 1. The summed E-state index contributed by atoms with van der Waals surface area (Å²) in [6, 6.07) is -0.735. The van der Waals surface area contributed by atoms with Crippen molar-refractivity contribution in [1.82, 2.24) is 0 Å². The summed E-state index contributed by atoms with van der Waals surface area (Å²) < 4.78 is 17.1. The quantitative estimate of drug-likeness (QED) is 0.0273. The van der Waals surface area contributed by atoms with Crippen molar-refractivity contribution < 1.29 is 38.2 Å². The number of hydrogen-bond acceptors (Lipinski definition) is 7. The second-order valence-electron chi connectivity index (χ2n) is 14.8. The van der Waals surface area contributed by atoms with E-state index in [1.54, 1.807) is 21.1 Å². The second-order valence-corrected chi connectivity index (χ2v) is 14.8. The Morgan fingerprint density at radius 2 is 1.06 bits per heavy atom. The van der Waals surface area contributed by atoms with E-state index in [0.29, 0.717) is 12.8 Å². The van der Waals surface area contributed by atoms with Crippen LogP contribution >= 0.6 is 0 Å². The number of esters is 2. The lowest BCUT2D eigenvalue weighted by molar-refractivity contribution is -0.889. The van der Waals surface area contributed by atoms with Crippen molar-refractivity contribution in [1.29, 1.82) is 0 Å². The van der Waals surface area contributed by atoms with E-state index in [1.807, 2.05) is 0 Å². The number of carbonyl (C=O) groups is 3. The summed E-state index contributed by atoms with van der Waals surface area (Å²) >= 11 is 0. The topological polar surface area (TPSA) is 102 Å². The van der Waals surface area contributed by atoms with Gasteiger partial charge in [-0.2, -0.15) is 0 Å². The molecule has 0 fully saturated rings. The highest BCUT2D eigenvalue weighted by molar-refractivity contribution is 5.70. The van der Waals surface area contributed by atoms with E-state index in [-0.39, 0.29) is 49.1 Å². The van der Waals surface area contributed by atoms with Crippen LogP contribution in [0.3, 0.4) is 0 Å². The fraction of sp³-hybridized carbons (Fsp3) is 0.711. The molecule has 0 spiro atoms. The monoisotopic (exact) mass is 744 g/mol. The van der Waals surface area contributed by atoms with E-state index in [1.165, 1.54) is 38.5 Å². The molecule has 304 valence electrons. The van der Waals surface area contributed by atoms with Gasteiger partial charge in [-0.25, -0.2) is 0 Å². The zero-order valence-electron chi connectivity index (χ0n) is 34.4. The molecule has 0 aliphatic rings. The smallest absolute Gasteiger partial charge is 0.306 e. The number of carboxylic acids is 1. The van der Waals surface area contributed by atoms with Gasteiger partial charge in [0.1, 0.15) is 12.6 Å². The Morgan fingerprint density at radius 1 is 0.585 bits per heavy atom. The van der Waals surface area contributed by atoms with E-state index >= 15 is 0 Å². The standard InChI is InChI=1S/C45H77NO7/c1-6-8-10-12-14-16-18-20-21-22-24-26-28-30-32-34-36-44(48)53-41(39-51-38-37-42(45(49)50)46(3,4)5)40-52-43(47)35-33-31-29-27-25-23-19-17-15-13-11-9-7-2/h8,10,14,16,20-21,23-26,41-42H,6-7,9,11-13,15,17-19,22,27-40H2,1-5H3/b10-8+,16-14+,21-20+,25-23+,26-24+. The molecule has 2 atom stereocenters. The number of carbonyl (C=O) groups excluding carboxylic acids is 3. The van der Waals surface area contributed by atoms with E-state index in [0.717, 1.165) is 77.0 Å². The van der Waals surface area contributed by atoms with Crippen molar-refractivity contribution in [2.24, 2.45) is 0 Å². The van der Waals surface area contributed by atoms with Gasteiger partial charge in [-0.15, -0.1) is 0 Å². The van der Waals surface area contributed by atoms with Crippen molar-refractivity contribution in [2.75, 3.05) is 41.0 Å². The molecule has 0 saturated heterocycles. The first-order valence-electron chi connectivity index (χ1n) is 20.8. The highest BCUT2D eigenvalue weighted by Gasteiger charge is 2.25. The molecule has 0 aromatic rings. The Bertz CT molecular complexity index is 1050. The fourth-order valence-corrected chi connectivity index (χ4v) is 5.64. The molecule has 2 unspecified atom stereocenters. The molecule has 0 heterocycles. The molecule has 0 rings (SSSR count). The van der Waals surface area contributed by atoms with Crippen molar-refractivity contribution in [3.05, 3.63) is 60.8 Å². The molecule has 0 aromatic carbocycles. The summed E-state index contributed by atoms with van der Waals surface area (Å²) in [6.45, 7) is 4.47. The number of rotatable bonds is 36. The highest BCUT2D eigenvalue weighted by atomic mass is 16.6. The number of allylic oxidation sites excluding steroid dienone is 10. The Morgan fingerprint density at radius 3 is 1.58 bits per heavy atom. The molecular weight excluding hydrogens is 666 g/mol. The molecule has 0 bridgehead atoms. The summed E-state index contributed by atoms with van der Waals surface area (Å²) in [5.41, 5.74) is 0. The van der Waals surface area contributed by atoms with Gasteiger partial charge < -0.3 is 28.6 Å². The van der Waals surface area contributed by atoms with Crippen molar-refractivity contribution in [3.63, 3.8) is 0 Å². The third-order valence-corrected chi connectivity index (χ3v) is 8.89. The van der Waals surface area contributed by atoms with Gasteiger partial charge in [0.05, 0.1) is 40.3 Å². The zero-order chi connectivity index (χ0) is 39.3. The molecule has 8 nitrogen and oxygen atoms in total. The summed E-state index contributed by atoms with van der Waals surface area (Å²) in [6.07, 6.45) is 42.4. The second kappa shape index (κ2) is 36.0. The number of aliphatic carboxylic acids is 1. The maximum Gasteiger partial charge on any atom is 0.306 e. The summed E-state index contributed by atoms with van der Waals surface area (Å²) in [7, 11) is 5.38. The zero-order valence-corrected chi connectivity index (χ0v) is 34.4. The third kappa shape index (κ3) is 34.5. The van der Waals surface area contributed by atoms with Crippen molar-refractivity contribution in [3.8, 4) is 0 Å². The van der Waals surface area contributed by atoms with Crippen LogP contribution in [0.1, 0.15) is 155 Å². The lowest BCUT2D eigenvalue weighted by Crippen LogP contribution is -2.55. The van der Waals surface area contributed by atoms with Gasteiger partial charge in [-0.3, -0.25) is 9.59 Å². The van der Waals surface area contributed by atoms with Crippen LogP contribution in [0.2, 0.25) is 0 Å². The number of ether oxygens (including phenoxy) is 3. The Kier molecular flexibility index (Phi) is 34.0. The van der Waals surface area contributed by atoms with Gasteiger partial charge in [0.25, 0.3) is 0 Å². The van der Waals surface area contributed by atoms with Gasteiger partial charge in [0.15, 0.2) is 6.10 Å². The van der Waals surface area contributed by atoms with Gasteiger partial charge in [-0.1, -0.05) is 120 Å².